The molecule has 0 bridgehead atoms. The number of benzene rings is 1. The Hall–Kier alpha value is -0.650. The molecule has 0 aromatic heterocycles. The second-order valence-electron chi connectivity index (χ2n) is 4.24. The molecule has 1 saturated heterocycles. The summed E-state index contributed by atoms with van der Waals surface area (Å²) in [5.74, 6) is 0. The zero-order valence-corrected chi connectivity index (χ0v) is 10.0. The first-order chi connectivity index (χ1) is 7.95. The van der Waals surface area contributed by atoms with Crippen molar-refractivity contribution in [3.8, 4) is 0 Å². The van der Waals surface area contributed by atoms with E-state index < -0.39 is 23.9 Å². The maximum atomic E-state index is 10.4. The van der Waals surface area contributed by atoms with Crippen LogP contribution in [0.15, 0.2) is 24.3 Å². The summed E-state index contributed by atoms with van der Waals surface area (Å²) in [5.41, 5.74) is -1.15. The Labute approximate surface area is 104 Å². The van der Waals surface area contributed by atoms with Gasteiger partial charge in [0.15, 0.2) is 0 Å². The Bertz CT molecular complexity index is 392. The lowest BCUT2D eigenvalue weighted by atomic mass is 9.87. The van der Waals surface area contributed by atoms with Crippen LogP contribution in [0.4, 0.5) is 0 Å². The predicted octanol–water partition coefficient (Wildman–Crippen LogP) is 0.830. The molecule has 1 aromatic carbocycles. The van der Waals surface area contributed by atoms with Crippen LogP contribution in [0.1, 0.15) is 12.5 Å². The van der Waals surface area contributed by atoms with Crippen molar-refractivity contribution in [2.45, 2.75) is 30.8 Å². The Morgan fingerprint density at radius 3 is 2.41 bits per heavy atom. The Morgan fingerprint density at radius 2 is 1.94 bits per heavy atom. The predicted molar refractivity (Wildman–Crippen MR) is 62.2 cm³/mol. The molecular formula is C12H14ClO4. The van der Waals surface area contributed by atoms with Gasteiger partial charge in [-0.3, -0.25) is 0 Å². The molecule has 0 saturated carbocycles. The van der Waals surface area contributed by atoms with Crippen molar-refractivity contribution in [1.29, 1.82) is 0 Å². The number of hydrogen-bond acceptors (Lipinski definition) is 4. The van der Waals surface area contributed by atoms with E-state index in [0.717, 1.165) is 6.61 Å². The SMILES string of the molecule is CC(O)[C@H]1O[CH][C@@](O)(c2ccc(Cl)cc2)[C@@H]1O. The summed E-state index contributed by atoms with van der Waals surface area (Å²) < 4.78 is 5.12. The summed E-state index contributed by atoms with van der Waals surface area (Å²) >= 11 is 5.75. The van der Waals surface area contributed by atoms with Crippen LogP contribution in [0, 0.1) is 6.61 Å². The molecule has 93 valence electrons. The molecule has 2 rings (SSSR count). The van der Waals surface area contributed by atoms with E-state index in [1.807, 2.05) is 0 Å². The topological polar surface area (TPSA) is 69.9 Å². The van der Waals surface area contributed by atoms with Gasteiger partial charge in [0.05, 0.1) is 6.10 Å². The van der Waals surface area contributed by atoms with Crippen LogP contribution in [0.25, 0.3) is 0 Å². The normalized spacial score (nSPS) is 34.9. The average Bonchev–Trinajstić information content (AvgIpc) is 2.58. The molecule has 1 fully saturated rings. The third-order valence-corrected chi connectivity index (χ3v) is 3.20. The monoisotopic (exact) mass is 257 g/mol. The number of aliphatic hydroxyl groups is 3. The fraction of sp³-hybridized carbons (Fsp3) is 0.417. The van der Waals surface area contributed by atoms with E-state index in [0.29, 0.717) is 10.6 Å². The second kappa shape index (κ2) is 4.55. The summed E-state index contributed by atoms with van der Waals surface area (Å²) in [4.78, 5) is 0. The number of aliphatic hydroxyl groups excluding tert-OH is 2. The quantitative estimate of drug-likeness (QED) is 0.734. The van der Waals surface area contributed by atoms with Crippen LogP contribution >= 0.6 is 11.6 Å². The van der Waals surface area contributed by atoms with Crippen LogP contribution in [-0.4, -0.2) is 33.6 Å². The van der Waals surface area contributed by atoms with Gasteiger partial charge < -0.3 is 20.1 Å². The van der Waals surface area contributed by atoms with E-state index in [-0.39, 0.29) is 0 Å². The highest BCUT2D eigenvalue weighted by atomic mass is 35.5. The van der Waals surface area contributed by atoms with Gasteiger partial charge in [-0.2, -0.15) is 0 Å². The largest absolute Gasteiger partial charge is 0.391 e. The number of halogens is 1. The second-order valence-corrected chi connectivity index (χ2v) is 4.67. The van der Waals surface area contributed by atoms with E-state index in [1.54, 1.807) is 24.3 Å². The lowest BCUT2D eigenvalue weighted by molar-refractivity contribution is -0.0709. The first-order valence-electron chi connectivity index (χ1n) is 5.29. The molecule has 1 aliphatic heterocycles. The minimum atomic E-state index is -1.62. The number of ether oxygens (including phenoxy) is 1. The van der Waals surface area contributed by atoms with Crippen molar-refractivity contribution in [3.63, 3.8) is 0 Å². The van der Waals surface area contributed by atoms with E-state index in [4.69, 9.17) is 16.3 Å². The van der Waals surface area contributed by atoms with E-state index in [2.05, 4.69) is 0 Å². The van der Waals surface area contributed by atoms with Gasteiger partial charge in [0.1, 0.15) is 24.4 Å². The van der Waals surface area contributed by atoms with Crippen molar-refractivity contribution in [1.82, 2.24) is 0 Å². The third-order valence-electron chi connectivity index (χ3n) is 2.95. The maximum Gasteiger partial charge on any atom is 0.147 e. The van der Waals surface area contributed by atoms with Gasteiger partial charge in [-0.25, -0.2) is 0 Å². The zero-order valence-electron chi connectivity index (χ0n) is 9.25. The number of hydrogen-bond donors (Lipinski definition) is 3. The average molecular weight is 258 g/mol. The summed E-state index contributed by atoms with van der Waals surface area (Å²) in [6, 6.07) is 6.45. The first kappa shape index (κ1) is 12.8. The van der Waals surface area contributed by atoms with Crippen LogP contribution in [0.5, 0.6) is 0 Å². The van der Waals surface area contributed by atoms with Gasteiger partial charge in [0.25, 0.3) is 0 Å². The summed E-state index contributed by atoms with van der Waals surface area (Å²) in [5, 5.41) is 30.3. The molecule has 1 aromatic rings. The fourth-order valence-corrected chi connectivity index (χ4v) is 2.04. The molecule has 1 unspecified atom stereocenters. The van der Waals surface area contributed by atoms with Gasteiger partial charge >= 0.3 is 0 Å². The minimum Gasteiger partial charge on any atom is -0.391 e. The van der Waals surface area contributed by atoms with Crippen LogP contribution in [-0.2, 0) is 10.3 Å². The summed E-state index contributed by atoms with van der Waals surface area (Å²) in [6.07, 6.45) is -2.93. The van der Waals surface area contributed by atoms with Gasteiger partial charge in [-0.05, 0) is 24.6 Å². The van der Waals surface area contributed by atoms with Gasteiger partial charge in [0.2, 0.25) is 0 Å². The highest BCUT2D eigenvalue weighted by molar-refractivity contribution is 6.30. The molecule has 4 nitrogen and oxygen atoms in total. The Morgan fingerprint density at radius 1 is 1.35 bits per heavy atom. The smallest absolute Gasteiger partial charge is 0.147 e. The minimum absolute atomic E-state index is 0.470. The van der Waals surface area contributed by atoms with Crippen molar-refractivity contribution in [3.05, 3.63) is 41.5 Å². The lowest BCUT2D eigenvalue weighted by Gasteiger charge is -2.27. The highest BCUT2D eigenvalue weighted by Crippen LogP contribution is 2.38. The van der Waals surface area contributed by atoms with Crippen molar-refractivity contribution in [2.24, 2.45) is 0 Å². The molecule has 1 aliphatic rings. The standard InChI is InChI=1S/C12H14ClO4/c1-7(14)10-11(15)12(16,6-17-10)8-2-4-9(13)5-3-8/h2-7,10-11,14-16H,1H3/t7?,10-,11-,12-/m1/s1. The molecule has 3 N–H and O–H groups in total. The molecule has 0 aliphatic carbocycles. The van der Waals surface area contributed by atoms with Gasteiger partial charge in [-0.1, -0.05) is 23.7 Å². The van der Waals surface area contributed by atoms with Gasteiger partial charge in [-0.15, -0.1) is 0 Å². The van der Waals surface area contributed by atoms with Crippen LogP contribution < -0.4 is 0 Å². The van der Waals surface area contributed by atoms with Crippen LogP contribution in [0.3, 0.4) is 0 Å². The van der Waals surface area contributed by atoms with Crippen molar-refractivity contribution >= 4 is 11.6 Å². The summed E-state index contributed by atoms with van der Waals surface area (Å²) in [7, 11) is 0. The molecular weight excluding hydrogens is 244 g/mol. The summed E-state index contributed by atoms with van der Waals surface area (Å²) in [6.45, 7) is 2.65. The van der Waals surface area contributed by atoms with Crippen LogP contribution in [0.2, 0.25) is 5.02 Å². The molecule has 17 heavy (non-hydrogen) atoms. The lowest BCUT2D eigenvalue weighted by Crippen LogP contribution is -2.43. The highest BCUT2D eigenvalue weighted by Gasteiger charge is 2.51. The van der Waals surface area contributed by atoms with E-state index >= 15 is 0 Å². The molecule has 1 heterocycles. The van der Waals surface area contributed by atoms with E-state index in [9.17, 15) is 15.3 Å². The van der Waals surface area contributed by atoms with E-state index in [1.165, 1.54) is 6.92 Å². The van der Waals surface area contributed by atoms with Crippen molar-refractivity contribution in [2.75, 3.05) is 0 Å². The molecule has 4 atom stereocenters. The van der Waals surface area contributed by atoms with Crippen molar-refractivity contribution < 1.29 is 20.1 Å². The Balaban J connectivity index is 2.28. The molecule has 1 radical (unpaired) electrons. The molecule has 0 amide bonds. The first-order valence-corrected chi connectivity index (χ1v) is 5.67. The zero-order chi connectivity index (χ0) is 12.6. The van der Waals surface area contributed by atoms with Gasteiger partial charge in [0, 0.05) is 5.02 Å². The maximum absolute atomic E-state index is 10.4. The fourth-order valence-electron chi connectivity index (χ4n) is 1.91. The Kier molecular flexibility index (Phi) is 3.43. The third kappa shape index (κ3) is 2.19. The molecule has 5 heteroatoms. The molecule has 0 spiro atoms. The number of rotatable bonds is 2.